The topological polar surface area (TPSA) is 50.1 Å². The van der Waals surface area contributed by atoms with E-state index in [0.717, 1.165) is 32.1 Å². The fourth-order valence-corrected chi connectivity index (χ4v) is 3.93. The van der Waals surface area contributed by atoms with Crippen LogP contribution in [-0.2, 0) is 9.09 Å². The molecule has 0 aliphatic heterocycles. The second-order valence-corrected chi connectivity index (χ2v) is 7.19. The second-order valence-electron chi connectivity index (χ2n) is 5.10. The van der Waals surface area contributed by atoms with Gasteiger partial charge in [-0.15, -0.1) is 0 Å². The van der Waals surface area contributed by atoms with E-state index in [0.29, 0.717) is 17.8 Å². The van der Waals surface area contributed by atoms with Crippen LogP contribution in [0.3, 0.4) is 0 Å². The van der Waals surface area contributed by atoms with Crippen molar-refractivity contribution in [2.45, 2.75) is 46.0 Å². The van der Waals surface area contributed by atoms with Crippen LogP contribution in [0, 0.1) is 17.0 Å². The highest BCUT2D eigenvalue weighted by molar-refractivity contribution is 7.64. The molecule has 1 aliphatic carbocycles. The van der Waals surface area contributed by atoms with Crippen molar-refractivity contribution in [2.75, 3.05) is 6.16 Å². The molecule has 3 nitrogen and oxygen atoms in total. The first-order valence-corrected chi connectivity index (χ1v) is 9.18. The minimum absolute atomic E-state index is 0.298. The van der Waals surface area contributed by atoms with Gasteiger partial charge in [0.25, 0.3) is 0 Å². The maximum Gasteiger partial charge on any atom is 0.345 e. The van der Waals surface area contributed by atoms with E-state index in [1.807, 2.05) is 24.0 Å². The quantitative estimate of drug-likeness (QED) is 0.564. The molecule has 0 fully saturated rings. The molecule has 0 spiro atoms. The van der Waals surface area contributed by atoms with Gasteiger partial charge in [-0.3, -0.25) is 4.57 Å². The summed E-state index contributed by atoms with van der Waals surface area (Å²) in [5, 5.41) is 9.25. The third kappa shape index (κ3) is 5.80. The van der Waals surface area contributed by atoms with E-state index in [1.54, 1.807) is 12.2 Å². The summed E-state index contributed by atoms with van der Waals surface area (Å²) in [6, 6.07) is 0. The van der Waals surface area contributed by atoms with Crippen molar-refractivity contribution in [1.29, 1.82) is 5.26 Å². The van der Waals surface area contributed by atoms with Gasteiger partial charge < -0.3 is 4.52 Å². The van der Waals surface area contributed by atoms with Crippen LogP contribution in [0.25, 0.3) is 0 Å². The number of rotatable bonds is 8. The van der Waals surface area contributed by atoms with Crippen molar-refractivity contribution in [3.8, 4) is 5.81 Å². The molecule has 2 atom stereocenters. The molecule has 1 rings (SSSR count). The van der Waals surface area contributed by atoms with Gasteiger partial charge in [-0.05, 0) is 30.9 Å². The number of allylic oxidation sites excluding steroid dienone is 5. The van der Waals surface area contributed by atoms with Crippen LogP contribution >= 0.6 is 7.37 Å². The van der Waals surface area contributed by atoms with Crippen LogP contribution in [0.1, 0.15) is 46.0 Å². The first-order valence-electron chi connectivity index (χ1n) is 7.37. The van der Waals surface area contributed by atoms with E-state index in [9.17, 15) is 9.83 Å². The molecular formula is C16H24NO2P. The maximum absolute atomic E-state index is 12.6. The highest BCUT2D eigenvalue weighted by Gasteiger charge is 2.28. The molecule has 1 aliphatic rings. The highest BCUT2D eigenvalue weighted by Crippen LogP contribution is 2.50. The van der Waals surface area contributed by atoms with Gasteiger partial charge in [-0.1, -0.05) is 51.3 Å². The second kappa shape index (κ2) is 8.82. The smallest absolute Gasteiger partial charge is 0.345 e. The van der Waals surface area contributed by atoms with Crippen LogP contribution in [-0.4, -0.2) is 6.16 Å². The highest BCUT2D eigenvalue weighted by atomic mass is 31.2. The SMILES string of the molecule is CCCCC(CC)CP(=O)(C#N)OC1=CC=CCC=C1. The molecule has 0 radical (unpaired) electrons. The van der Waals surface area contributed by atoms with Crippen LogP contribution in [0.4, 0.5) is 0 Å². The summed E-state index contributed by atoms with van der Waals surface area (Å²) in [6.07, 6.45) is 14.7. The Balaban J connectivity index is 2.71. The monoisotopic (exact) mass is 293 g/mol. The number of nitrogens with zero attached hydrogens (tertiary/aromatic N) is 1. The molecule has 110 valence electrons. The van der Waals surface area contributed by atoms with Gasteiger partial charge in [0.2, 0.25) is 0 Å². The summed E-state index contributed by atoms with van der Waals surface area (Å²) in [4.78, 5) is 0. The van der Waals surface area contributed by atoms with Crippen molar-refractivity contribution in [2.24, 2.45) is 5.92 Å². The molecule has 0 aromatic heterocycles. The molecule has 2 unspecified atom stereocenters. The first-order chi connectivity index (χ1) is 9.63. The lowest BCUT2D eigenvalue weighted by Gasteiger charge is -2.19. The Morgan fingerprint density at radius 2 is 2.25 bits per heavy atom. The minimum atomic E-state index is -3.25. The molecule has 20 heavy (non-hydrogen) atoms. The summed E-state index contributed by atoms with van der Waals surface area (Å²) in [5.74, 6) is 2.74. The van der Waals surface area contributed by atoms with Gasteiger partial charge in [0, 0.05) is 0 Å². The summed E-state index contributed by atoms with van der Waals surface area (Å²) in [5.41, 5.74) is 0. The standard InChI is InChI=1S/C16H24NO2P/c1-3-5-10-15(4-2)13-20(18,14-17)19-16-11-8-6-7-9-12-16/h6,8-9,11-12,15H,3-5,7,10,13H2,1-2H3. The van der Waals surface area contributed by atoms with E-state index < -0.39 is 7.37 Å². The largest absolute Gasteiger partial charge is 0.434 e. The molecule has 4 heteroatoms. The van der Waals surface area contributed by atoms with Crippen LogP contribution < -0.4 is 0 Å². The molecule has 0 saturated heterocycles. The van der Waals surface area contributed by atoms with Gasteiger partial charge >= 0.3 is 7.37 Å². The molecule has 0 N–H and O–H groups in total. The molecule has 0 aromatic carbocycles. The molecule has 0 heterocycles. The lowest BCUT2D eigenvalue weighted by molar-refractivity contribution is 0.405. The average molecular weight is 293 g/mol. The average Bonchev–Trinajstić information content (AvgIpc) is 2.72. The van der Waals surface area contributed by atoms with Crippen LogP contribution in [0.2, 0.25) is 0 Å². The van der Waals surface area contributed by atoms with E-state index in [-0.39, 0.29) is 0 Å². The predicted octanol–water partition coefficient (Wildman–Crippen LogP) is 5.38. The van der Waals surface area contributed by atoms with Gasteiger partial charge in [0.1, 0.15) is 5.76 Å². The van der Waals surface area contributed by atoms with Crippen LogP contribution in [0.15, 0.2) is 36.1 Å². The van der Waals surface area contributed by atoms with Crippen molar-refractivity contribution >= 4 is 7.37 Å². The Bertz CT molecular complexity index is 471. The van der Waals surface area contributed by atoms with E-state index in [4.69, 9.17) is 4.52 Å². The van der Waals surface area contributed by atoms with E-state index in [1.165, 1.54) is 0 Å². The molecular weight excluding hydrogens is 269 g/mol. The molecule has 0 amide bonds. The Kier molecular flexibility index (Phi) is 7.41. The molecule has 0 aromatic rings. The summed E-state index contributed by atoms with van der Waals surface area (Å²) in [6.45, 7) is 4.22. The van der Waals surface area contributed by atoms with Crippen molar-refractivity contribution < 1.29 is 9.09 Å². The lowest BCUT2D eigenvalue weighted by atomic mass is 10.0. The van der Waals surface area contributed by atoms with Gasteiger partial charge in [-0.25, -0.2) is 0 Å². The molecule has 0 saturated carbocycles. The third-order valence-corrected chi connectivity index (χ3v) is 5.21. The summed E-state index contributed by atoms with van der Waals surface area (Å²) >= 11 is 0. The lowest BCUT2D eigenvalue weighted by Crippen LogP contribution is -2.07. The third-order valence-electron chi connectivity index (χ3n) is 3.40. The summed E-state index contributed by atoms with van der Waals surface area (Å²) in [7, 11) is -3.25. The zero-order valence-corrected chi connectivity index (χ0v) is 13.3. The van der Waals surface area contributed by atoms with E-state index in [2.05, 4.69) is 13.8 Å². The predicted molar refractivity (Wildman–Crippen MR) is 83.5 cm³/mol. The number of nitriles is 1. The normalized spacial score (nSPS) is 18.6. The summed E-state index contributed by atoms with van der Waals surface area (Å²) < 4.78 is 18.2. The first kappa shape index (κ1) is 16.8. The van der Waals surface area contributed by atoms with Crippen molar-refractivity contribution in [3.63, 3.8) is 0 Å². The Hall–Kier alpha value is -1.26. The minimum Gasteiger partial charge on any atom is -0.434 e. The van der Waals surface area contributed by atoms with Gasteiger partial charge in [0.15, 0.2) is 5.81 Å². The van der Waals surface area contributed by atoms with Crippen LogP contribution in [0.5, 0.6) is 0 Å². The fourth-order valence-electron chi connectivity index (χ4n) is 2.15. The van der Waals surface area contributed by atoms with Crippen molar-refractivity contribution in [1.82, 2.24) is 0 Å². The number of unbranched alkanes of at least 4 members (excludes halogenated alkanes) is 1. The zero-order valence-electron chi connectivity index (χ0n) is 12.4. The number of hydrogen-bond donors (Lipinski definition) is 0. The van der Waals surface area contributed by atoms with E-state index >= 15 is 0 Å². The Morgan fingerprint density at radius 3 is 2.90 bits per heavy atom. The number of hydrogen-bond acceptors (Lipinski definition) is 3. The molecule has 0 bridgehead atoms. The Labute approximate surface area is 122 Å². The van der Waals surface area contributed by atoms with Gasteiger partial charge in [-0.2, -0.15) is 5.26 Å². The van der Waals surface area contributed by atoms with Gasteiger partial charge in [0.05, 0.1) is 6.16 Å². The maximum atomic E-state index is 12.6. The zero-order chi connectivity index (χ0) is 14.8. The fraction of sp³-hybridized carbons (Fsp3) is 0.562. The Morgan fingerprint density at radius 1 is 1.45 bits per heavy atom. The van der Waals surface area contributed by atoms with Crippen molar-refractivity contribution in [3.05, 3.63) is 36.1 Å².